The summed E-state index contributed by atoms with van der Waals surface area (Å²) in [5.74, 6) is -0.122. The highest BCUT2D eigenvalue weighted by Crippen LogP contribution is 2.28. The van der Waals surface area contributed by atoms with Crippen LogP contribution in [0.1, 0.15) is 28.4 Å². The van der Waals surface area contributed by atoms with Gasteiger partial charge in [-0.3, -0.25) is 14.6 Å². The third-order valence-electron chi connectivity index (χ3n) is 4.69. The number of nitrogens with zero attached hydrogens (tertiary/aromatic N) is 4. The summed E-state index contributed by atoms with van der Waals surface area (Å²) in [5, 5.41) is 15.0. The molecule has 0 saturated carbocycles. The van der Waals surface area contributed by atoms with Crippen LogP contribution < -0.4 is 5.32 Å². The minimum absolute atomic E-state index is 0.0706. The molecule has 1 atom stereocenters. The summed E-state index contributed by atoms with van der Waals surface area (Å²) in [7, 11) is 0. The molecule has 0 aliphatic rings. The van der Waals surface area contributed by atoms with Crippen LogP contribution in [0, 0.1) is 13.8 Å². The molecule has 3 aromatic heterocycles. The second-order valence-corrected chi connectivity index (χ2v) is 7.12. The molecule has 1 aromatic carbocycles. The van der Waals surface area contributed by atoms with Gasteiger partial charge in [0.15, 0.2) is 0 Å². The highest BCUT2D eigenvalue weighted by Gasteiger charge is 2.18. The highest BCUT2D eigenvalue weighted by molar-refractivity contribution is 6.08. The Labute approximate surface area is 162 Å². The van der Waals surface area contributed by atoms with Gasteiger partial charge in [-0.1, -0.05) is 6.07 Å². The summed E-state index contributed by atoms with van der Waals surface area (Å²) in [6, 6.07) is 7.72. The van der Waals surface area contributed by atoms with E-state index in [-0.39, 0.29) is 11.9 Å². The van der Waals surface area contributed by atoms with E-state index in [4.69, 9.17) is 4.98 Å². The third kappa shape index (κ3) is 3.51. The molecular weight excluding hydrogens is 352 g/mol. The number of aromatic amines is 1. The first-order valence-corrected chi connectivity index (χ1v) is 9.20. The van der Waals surface area contributed by atoms with Gasteiger partial charge in [0, 0.05) is 35.6 Å². The maximum atomic E-state index is 13.2. The molecule has 0 bridgehead atoms. The van der Waals surface area contributed by atoms with Crippen LogP contribution >= 0.6 is 0 Å². The van der Waals surface area contributed by atoms with Crippen LogP contribution in [0.15, 0.2) is 49.1 Å². The Morgan fingerprint density at radius 1 is 1.29 bits per heavy atom. The number of nitrogens with one attached hydrogen (secondary N) is 2. The van der Waals surface area contributed by atoms with Gasteiger partial charge in [0.2, 0.25) is 0 Å². The molecule has 7 heteroatoms. The lowest BCUT2D eigenvalue weighted by Gasteiger charge is -2.16. The maximum Gasteiger partial charge on any atom is 0.252 e. The van der Waals surface area contributed by atoms with Crippen molar-refractivity contribution in [2.24, 2.45) is 0 Å². The van der Waals surface area contributed by atoms with Crippen LogP contribution in [0.2, 0.25) is 0 Å². The normalized spacial score (nSPS) is 12.2. The predicted molar refractivity (Wildman–Crippen MR) is 108 cm³/mol. The highest BCUT2D eigenvalue weighted by atomic mass is 16.1. The number of carbonyl (C=O) groups is 1. The Hall–Kier alpha value is -3.48. The number of pyridine rings is 1. The SMILES string of the molecule is Cc1cc(C)c2c(C(=O)NC(C)Cn3cccn3)cc(-c3cn[nH]c3)nc2c1. The molecule has 0 spiro atoms. The summed E-state index contributed by atoms with van der Waals surface area (Å²) in [5.41, 5.74) is 5.13. The van der Waals surface area contributed by atoms with Gasteiger partial charge >= 0.3 is 0 Å². The van der Waals surface area contributed by atoms with Gasteiger partial charge in [0.1, 0.15) is 0 Å². The molecule has 0 aliphatic carbocycles. The Kier molecular flexibility index (Phi) is 4.65. The van der Waals surface area contributed by atoms with Crippen molar-refractivity contribution in [2.45, 2.75) is 33.4 Å². The van der Waals surface area contributed by atoms with E-state index < -0.39 is 0 Å². The van der Waals surface area contributed by atoms with Gasteiger partial charge in [-0.05, 0) is 50.1 Å². The number of amides is 1. The summed E-state index contributed by atoms with van der Waals surface area (Å²) < 4.78 is 1.81. The number of carbonyl (C=O) groups excluding carboxylic acids is 1. The van der Waals surface area contributed by atoms with Gasteiger partial charge in [0.05, 0.1) is 29.5 Å². The van der Waals surface area contributed by atoms with Gasteiger partial charge < -0.3 is 5.32 Å². The van der Waals surface area contributed by atoms with E-state index in [2.05, 4.69) is 26.7 Å². The largest absolute Gasteiger partial charge is 0.348 e. The van der Waals surface area contributed by atoms with Gasteiger partial charge in [0.25, 0.3) is 5.91 Å². The molecule has 4 rings (SSSR count). The summed E-state index contributed by atoms with van der Waals surface area (Å²) in [6.45, 7) is 6.62. The number of fused-ring (bicyclic) bond motifs is 1. The van der Waals surface area contributed by atoms with E-state index in [1.165, 1.54) is 0 Å². The number of aryl methyl sites for hydroxylation is 2. The van der Waals surface area contributed by atoms with Crippen LogP contribution in [0.4, 0.5) is 0 Å². The smallest absolute Gasteiger partial charge is 0.252 e. The molecule has 0 saturated heterocycles. The minimum atomic E-state index is -0.122. The number of hydrogen-bond acceptors (Lipinski definition) is 4. The summed E-state index contributed by atoms with van der Waals surface area (Å²) in [6.07, 6.45) is 7.10. The lowest BCUT2D eigenvalue weighted by Crippen LogP contribution is -2.36. The minimum Gasteiger partial charge on any atom is -0.348 e. The number of H-pyrrole nitrogens is 1. The van der Waals surface area contributed by atoms with Crippen LogP contribution in [0.3, 0.4) is 0 Å². The topological polar surface area (TPSA) is 88.5 Å². The van der Waals surface area contributed by atoms with Crippen LogP contribution in [-0.4, -0.2) is 36.9 Å². The Morgan fingerprint density at radius 3 is 2.86 bits per heavy atom. The van der Waals surface area contributed by atoms with Crippen molar-refractivity contribution in [3.63, 3.8) is 0 Å². The molecule has 142 valence electrons. The molecule has 0 fully saturated rings. The standard InChI is InChI=1S/C21H22N6O/c1-13-7-14(2)20-17(21(28)25-15(3)12-27-6-4-5-24-27)9-18(26-19(20)8-13)16-10-22-23-11-16/h4-11,15H,12H2,1-3H3,(H,22,23)(H,25,28). The molecular formula is C21H22N6O. The van der Waals surface area contributed by atoms with Gasteiger partial charge in [-0.15, -0.1) is 0 Å². The van der Waals surface area contributed by atoms with E-state index in [9.17, 15) is 4.79 Å². The van der Waals surface area contributed by atoms with Crippen molar-refractivity contribution in [1.82, 2.24) is 30.3 Å². The fraction of sp³-hybridized carbons (Fsp3) is 0.238. The third-order valence-corrected chi connectivity index (χ3v) is 4.69. The lowest BCUT2D eigenvalue weighted by molar-refractivity contribution is 0.0937. The Bertz CT molecular complexity index is 1120. The van der Waals surface area contributed by atoms with Crippen molar-refractivity contribution < 1.29 is 4.79 Å². The predicted octanol–water partition coefficient (Wildman–Crippen LogP) is 3.26. The van der Waals surface area contributed by atoms with Crippen LogP contribution in [0.25, 0.3) is 22.2 Å². The zero-order valence-corrected chi connectivity index (χ0v) is 16.1. The molecule has 7 nitrogen and oxygen atoms in total. The maximum absolute atomic E-state index is 13.2. The second-order valence-electron chi connectivity index (χ2n) is 7.12. The fourth-order valence-electron chi connectivity index (χ4n) is 3.51. The fourth-order valence-corrected chi connectivity index (χ4v) is 3.51. The molecule has 0 radical (unpaired) electrons. The first-order chi connectivity index (χ1) is 13.5. The average molecular weight is 374 g/mol. The van der Waals surface area contributed by atoms with E-state index in [0.717, 1.165) is 33.3 Å². The van der Waals surface area contributed by atoms with Crippen molar-refractivity contribution in [3.05, 3.63) is 65.7 Å². The second kappa shape index (κ2) is 7.26. The number of hydrogen-bond donors (Lipinski definition) is 2. The molecule has 2 N–H and O–H groups in total. The first-order valence-electron chi connectivity index (χ1n) is 9.20. The Balaban J connectivity index is 1.74. The van der Waals surface area contributed by atoms with Crippen molar-refractivity contribution in [1.29, 1.82) is 0 Å². The first kappa shape index (κ1) is 17.9. The molecule has 28 heavy (non-hydrogen) atoms. The number of benzene rings is 1. The van der Waals surface area contributed by atoms with E-state index in [1.807, 2.05) is 45.2 Å². The molecule has 1 amide bonds. The van der Waals surface area contributed by atoms with Gasteiger partial charge in [-0.25, -0.2) is 4.98 Å². The van der Waals surface area contributed by atoms with Crippen LogP contribution in [-0.2, 0) is 6.54 Å². The van der Waals surface area contributed by atoms with E-state index in [1.54, 1.807) is 23.3 Å². The number of rotatable bonds is 5. The summed E-state index contributed by atoms with van der Waals surface area (Å²) in [4.78, 5) is 17.9. The van der Waals surface area contributed by atoms with Crippen molar-refractivity contribution in [2.75, 3.05) is 0 Å². The lowest BCUT2D eigenvalue weighted by atomic mass is 9.99. The number of aromatic nitrogens is 5. The zero-order chi connectivity index (χ0) is 19.7. The summed E-state index contributed by atoms with van der Waals surface area (Å²) >= 11 is 0. The van der Waals surface area contributed by atoms with Crippen LogP contribution in [0.5, 0.6) is 0 Å². The molecule has 3 heterocycles. The molecule has 1 unspecified atom stereocenters. The average Bonchev–Trinajstić information content (AvgIpc) is 3.34. The van der Waals surface area contributed by atoms with Crippen molar-refractivity contribution >= 4 is 16.8 Å². The van der Waals surface area contributed by atoms with Crippen molar-refractivity contribution in [3.8, 4) is 11.3 Å². The van der Waals surface area contributed by atoms with E-state index in [0.29, 0.717) is 12.1 Å². The monoisotopic (exact) mass is 374 g/mol. The Morgan fingerprint density at radius 2 is 2.14 bits per heavy atom. The zero-order valence-electron chi connectivity index (χ0n) is 16.1. The van der Waals surface area contributed by atoms with E-state index >= 15 is 0 Å². The quantitative estimate of drug-likeness (QED) is 0.561. The van der Waals surface area contributed by atoms with Gasteiger partial charge in [-0.2, -0.15) is 10.2 Å². The molecule has 0 aliphatic heterocycles. The molecule has 4 aromatic rings.